The molecule has 1 aromatic heterocycles. The minimum absolute atomic E-state index is 0.296. The van der Waals surface area contributed by atoms with Crippen LogP contribution in [0.2, 0.25) is 0 Å². The zero-order valence-electron chi connectivity index (χ0n) is 10.2. The van der Waals surface area contributed by atoms with Gasteiger partial charge in [0.2, 0.25) is 0 Å². The van der Waals surface area contributed by atoms with Gasteiger partial charge in [0.05, 0.1) is 23.3 Å². The molecule has 0 atom stereocenters. The van der Waals surface area contributed by atoms with Crippen LogP contribution in [0.15, 0.2) is 18.2 Å². The summed E-state index contributed by atoms with van der Waals surface area (Å²) in [6, 6.07) is 5.72. The summed E-state index contributed by atoms with van der Waals surface area (Å²) in [6.45, 7) is 5.85. The number of carbonyl (C=O) groups excluding carboxylic acids is 1. The van der Waals surface area contributed by atoms with Gasteiger partial charge in [0.1, 0.15) is 0 Å². The van der Waals surface area contributed by atoms with Gasteiger partial charge in [0.25, 0.3) is 0 Å². The second kappa shape index (κ2) is 4.49. The largest absolute Gasteiger partial charge is 0.461 e. The van der Waals surface area contributed by atoms with E-state index >= 15 is 0 Å². The Morgan fingerprint density at radius 1 is 1.29 bits per heavy atom. The van der Waals surface area contributed by atoms with E-state index in [9.17, 15) is 4.79 Å². The molecule has 1 heterocycles. The average molecular weight is 230 g/mol. The van der Waals surface area contributed by atoms with Gasteiger partial charge in [-0.3, -0.25) is 0 Å². The number of para-hydroxylation sites is 1. The summed E-state index contributed by atoms with van der Waals surface area (Å²) in [6.07, 6.45) is 0. The summed E-state index contributed by atoms with van der Waals surface area (Å²) in [5, 5.41) is 0. The van der Waals surface area contributed by atoms with Crippen LogP contribution in [0.25, 0.3) is 11.0 Å². The maximum atomic E-state index is 11.7. The molecule has 0 saturated heterocycles. The summed E-state index contributed by atoms with van der Waals surface area (Å²) in [5.74, 6) is -0.416. The first-order valence-corrected chi connectivity index (χ1v) is 5.54. The normalized spacial score (nSPS) is 10.5. The number of hydrogen-bond donors (Lipinski definition) is 0. The minimum atomic E-state index is -0.416. The van der Waals surface area contributed by atoms with Gasteiger partial charge in [-0.05, 0) is 32.4 Å². The molecular formula is C13H14N2O2. The average Bonchev–Trinajstić information content (AvgIpc) is 2.30. The lowest BCUT2D eigenvalue weighted by Crippen LogP contribution is -2.11. The molecule has 0 aliphatic carbocycles. The monoisotopic (exact) mass is 230 g/mol. The van der Waals surface area contributed by atoms with Crippen LogP contribution in [-0.4, -0.2) is 22.5 Å². The van der Waals surface area contributed by atoms with Gasteiger partial charge < -0.3 is 4.74 Å². The molecule has 0 spiro atoms. The maximum Gasteiger partial charge on any atom is 0.358 e. The van der Waals surface area contributed by atoms with Gasteiger partial charge in [0.15, 0.2) is 5.69 Å². The van der Waals surface area contributed by atoms with E-state index in [-0.39, 0.29) is 0 Å². The van der Waals surface area contributed by atoms with Gasteiger partial charge in [-0.15, -0.1) is 0 Å². The first-order valence-electron chi connectivity index (χ1n) is 5.54. The molecule has 4 heteroatoms. The molecular weight excluding hydrogens is 216 g/mol. The topological polar surface area (TPSA) is 52.1 Å². The molecule has 0 fully saturated rings. The van der Waals surface area contributed by atoms with Crippen LogP contribution in [0.3, 0.4) is 0 Å². The van der Waals surface area contributed by atoms with E-state index in [4.69, 9.17) is 4.74 Å². The Bertz CT molecular complexity index is 579. The molecule has 2 rings (SSSR count). The van der Waals surface area contributed by atoms with E-state index in [1.165, 1.54) is 0 Å². The number of esters is 1. The summed E-state index contributed by atoms with van der Waals surface area (Å²) >= 11 is 0. The molecule has 88 valence electrons. The van der Waals surface area contributed by atoms with Crippen molar-refractivity contribution in [2.45, 2.75) is 20.8 Å². The Kier molecular flexibility index (Phi) is 3.04. The molecule has 0 amide bonds. The lowest BCUT2D eigenvalue weighted by atomic mass is 10.2. The fourth-order valence-corrected chi connectivity index (χ4v) is 1.69. The highest BCUT2D eigenvalue weighted by Gasteiger charge is 2.14. The molecule has 0 aliphatic heterocycles. The van der Waals surface area contributed by atoms with Gasteiger partial charge in [0, 0.05) is 0 Å². The summed E-state index contributed by atoms with van der Waals surface area (Å²) in [7, 11) is 0. The molecule has 0 unspecified atom stereocenters. The lowest BCUT2D eigenvalue weighted by molar-refractivity contribution is 0.0518. The molecule has 2 aromatic rings. The van der Waals surface area contributed by atoms with Crippen LogP contribution in [0.1, 0.15) is 28.7 Å². The second-order valence-corrected chi connectivity index (χ2v) is 3.82. The second-order valence-electron chi connectivity index (χ2n) is 3.82. The quantitative estimate of drug-likeness (QED) is 0.743. The molecule has 0 saturated carbocycles. The fourth-order valence-electron chi connectivity index (χ4n) is 1.69. The molecule has 0 N–H and O–H groups in total. The smallest absolute Gasteiger partial charge is 0.358 e. The van der Waals surface area contributed by atoms with Crippen LogP contribution >= 0.6 is 0 Å². The molecule has 17 heavy (non-hydrogen) atoms. The van der Waals surface area contributed by atoms with Crippen molar-refractivity contribution in [2.24, 2.45) is 0 Å². The van der Waals surface area contributed by atoms with Gasteiger partial charge >= 0.3 is 5.97 Å². The third-order valence-electron chi connectivity index (χ3n) is 2.54. The van der Waals surface area contributed by atoms with Crippen molar-refractivity contribution in [3.05, 3.63) is 35.2 Å². The molecule has 4 nitrogen and oxygen atoms in total. The number of aryl methyl sites for hydroxylation is 2. The number of ether oxygens (including phenoxy) is 1. The zero-order chi connectivity index (χ0) is 12.4. The van der Waals surface area contributed by atoms with Gasteiger partial charge in [-0.1, -0.05) is 12.1 Å². The number of aromatic nitrogens is 2. The molecule has 1 aromatic carbocycles. The van der Waals surface area contributed by atoms with E-state index in [0.717, 1.165) is 16.6 Å². The number of benzene rings is 1. The number of carbonyl (C=O) groups is 1. The third kappa shape index (κ3) is 2.11. The predicted molar refractivity (Wildman–Crippen MR) is 65.0 cm³/mol. The summed E-state index contributed by atoms with van der Waals surface area (Å²) in [4.78, 5) is 20.4. The van der Waals surface area contributed by atoms with Gasteiger partial charge in [-0.2, -0.15) is 0 Å². The highest BCUT2D eigenvalue weighted by atomic mass is 16.5. The molecule has 0 radical (unpaired) electrons. The first kappa shape index (κ1) is 11.5. The van der Waals surface area contributed by atoms with Crippen LogP contribution < -0.4 is 0 Å². The molecule has 0 aliphatic rings. The van der Waals surface area contributed by atoms with Crippen molar-refractivity contribution in [2.75, 3.05) is 6.61 Å². The SMILES string of the molecule is CCOC(=O)c1nc2cccc(C)c2nc1C. The van der Waals surface area contributed by atoms with Crippen molar-refractivity contribution in [3.63, 3.8) is 0 Å². The maximum absolute atomic E-state index is 11.7. The van der Waals surface area contributed by atoms with E-state index in [1.54, 1.807) is 13.8 Å². The standard InChI is InChI=1S/C13H14N2O2/c1-4-17-13(16)12-9(3)14-11-8(2)6-5-7-10(11)15-12/h5-7H,4H2,1-3H3. The van der Waals surface area contributed by atoms with Crippen LogP contribution in [-0.2, 0) is 4.74 Å². The Hall–Kier alpha value is -1.97. The Morgan fingerprint density at radius 2 is 2.06 bits per heavy atom. The van der Waals surface area contributed by atoms with Crippen LogP contribution in [0, 0.1) is 13.8 Å². The summed E-state index contributed by atoms with van der Waals surface area (Å²) in [5.41, 5.74) is 3.50. The Labute approximate surface area is 99.7 Å². The predicted octanol–water partition coefficient (Wildman–Crippen LogP) is 2.42. The van der Waals surface area contributed by atoms with Crippen molar-refractivity contribution < 1.29 is 9.53 Å². The van der Waals surface area contributed by atoms with E-state index in [1.807, 2.05) is 25.1 Å². The van der Waals surface area contributed by atoms with Crippen LogP contribution in [0.5, 0.6) is 0 Å². The minimum Gasteiger partial charge on any atom is -0.461 e. The zero-order valence-corrected chi connectivity index (χ0v) is 10.2. The third-order valence-corrected chi connectivity index (χ3v) is 2.54. The number of fused-ring (bicyclic) bond motifs is 1. The van der Waals surface area contributed by atoms with E-state index < -0.39 is 5.97 Å². The highest BCUT2D eigenvalue weighted by molar-refractivity contribution is 5.91. The number of rotatable bonds is 2. The van der Waals surface area contributed by atoms with E-state index in [2.05, 4.69) is 9.97 Å². The highest BCUT2D eigenvalue weighted by Crippen LogP contribution is 2.16. The number of hydrogen-bond acceptors (Lipinski definition) is 4. The van der Waals surface area contributed by atoms with Crippen molar-refractivity contribution >= 4 is 17.0 Å². The lowest BCUT2D eigenvalue weighted by Gasteiger charge is -2.07. The van der Waals surface area contributed by atoms with Crippen LogP contribution in [0.4, 0.5) is 0 Å². The Balaban J connectivity index is 2.60. The number of nitrogens with zero attached hydrogens (tertiary/aromatic N) is 2. The summed E-state index contributed by atoms with van der Waals surface area (Å²) < 4.78 is 4.95. The Morgan fingerprint density at radius 3 is 2.76 bits per heavy atom. The molecule has 0 bridgehead atoms. The van der Waals surface area contributed by atoms with Crippen molar-refractivity contribution in [1.29, 1.82) is 0 Å². The van der Waals surface area contributed by atoms with Crippen molar-refractivity contribution in [1.82, 2.24) is 9.97 Å². The van der Waals surface area contributed by atoms with Gasteiger partial charge in [-0.25, -0.2) is 14.8 Å². The first-order chi connectivity index (χ1) is 8.13. The van der Waals surface area contributed by atoms with E-state index in [0.29, 0.717) is 18.0 Å². The fraction of sp³-hybridized carbons (Fsp3) is 0.308. The van der Waals surface area contributed by atoms with Crippen molar-refractivity contribution in [3.8, 4) is 0 Å².